The highest BCUT2D eigenvalue weighted by atomic mass is 32.1. The molecule has 0 fully saturated rings. The van der Waals surface area contributed by atoms with Crippen molar-refractivity contribution in [3.05, 3.63) is 46.2 Å². The Hall–Kier alpha value is -2.45. The summed E-state index contributed by atoms with van der Waals surface area (Å²) in [7, 11) is 0. The molecular weight excluding hydrogens is 309 g/mol. The Bertz CT molecular complexity index is 951. The third kappa shape index (κ3) is 2.18. The maximum atomic E-state index is 13.3. The Kier molecular flexibility index (Phi) is 3.28. The maximum Gasteiger partial charge on any atom is 0.130 e. The highest BCUT2D eigenvalue weighted by molar-refractivity contribution is 7.20. The number of thiophene rings is 1. The summed E-state index contributed by atoms with van der Waals surface area (Å²) in [5.41, 5.74) is 11.0. The van der Waals surface area contributed by atoms with Crippen molar-refractivity contribution in [2.45, 2.75) is 25.7 Å². The summed E-state index contributed by atoms with van der Waals surface area (Å²) in [4.78, 5) is 6.07. The van der Waals surface area contributed by atoms with Gasteiger partial charge in [0.1, 0.15) is 21.6 Å². The minimum Gasteiger partial charge on any atom is -0.396 e. The first-order valence-corrected chi connectivity index (χ1v) is 8.40. The average molecular weight is 323 g/mol. The molecule has 0 bridgehead atoms. The third-order valence-electron chi connectivity index (χ3n) is 4.39. The van der Waals surface area contributed by atoms with Crippen LogP contribution in [0.15, 0.2) is 24.3 Å². The standard InChI is InChI=1S/C18H14FN3S/c19-11-7-5-10(6-8-11)15-12-3-1-2-4-13(12)22-18-16(15)17(21)14(9-20)23-18/h5-8H,1-4,21H2. The Morgan fingerprint density at radius 2 is 1.91 bits per heavy atom. The number of pyridine rings is 1. The van der Waals surface area contributed by atoms with E-state index in [1.165, 1.54) is 29.0 Å². The second-order valence-corrected chi connectivity index (χ2v) is 6.76. The number of fused-ring (bicyclic) bond motifs is 2. The van der Waals surface area contributed by atoms with Crippen molar-refractivity contribution in [3.8, 4) is 17.2 Å². The van der Waals surface area contributed by atoms with E-state index < -0.39 is 0 Å². The molecule has 114 valence electrons. The van der Waals surface area contributed by atoms with Crippen LogP contribution in [0.2, 0.25) is 0 Å². The molecule has 23 heavy (non-hydrogen) atoms. The molecule has 0 aliphatic heterocycles. The molecule has 3 aromatic rings. The summed E-state index contributed by atoms with van der Waals surface area (Å²) in [6, 6.07) is 8.64. The van der Waals surface area contributed by atoms with E-state index in [0.29, 0.717) is 10.6 Å². The zero-order chi connectivity index (χ0) is 16.0. The van der Waals surface area contributed by atoms with Crippen molar-refractivity contribution in [1.82, 2.24) is 4.98 Å². The van der Waals surface area contributed by atoms with Crippen LogP contribution in [0.3, 0.4) is 0 Å². The number of hydrogen-bond acceptors (Lipinski definition) is 4. The number of aryl methyl sites for hydroxylation is 1. The van der Waals surface area contributed by atoms with Crippen LogP contribution in [0, 0.1) is 17.1 Å². The van der Waals surface area contributed by atoms with Gasteiger partial charge in [-0.2, -0.15) is 5.26 Å². The van der Waals surface area contributed by atoms with E-state index in [1.807, 2.05) is 0 Å². The lowest BCUT2D eigenvalue weighted by Gasteiger charge is -2.20. The van der Waals surface area contributed by atoms with Crippen LogP contribution >= 0.6 is 11.3 Å². The van der Waals surface area contributed by atoms with Crippen molar-refractivity contribution in [2.24, 2.45) is 0 Å². The normalized spacial score (nSPS) is 13.7. The number of nitrogen functional groups attached to an aromatic ring is 1. The number of hydrogen-bond donors (Lipinski definition) is 1. The first-order valence-electron chi connectivity index (χ1n) is 7.59. The van der Waals surface area contributed by atoms with Crippen LogP contribution in [-0.4, -0.2) is 4.98 Å². The quantitative estimate of drug-likeness (QED) is 0.720. The SMILES string of the molecule is N#Cc1sc2nc3c(c(-c4ccc(F)cc4)c2c1N)CCCC3. The van der Waals surface area contributed by atoms with E-state index in [-0.39, 0.29) is 5.82 Å². The van der Waals surface area contributed by atoms with Crippen LogP contribution < -0.4 is 5.73 Å². The van der Waals surface area contributed by atoms with E-state index in [0.717, 1.165) is 52.7 Å². The van der Waals surface area contributed by atoms with E-state index >= 15 is 0 Å². The average Bonchev–Trinajstić information content (AvgIpc) is 2.89. The van der Waals surface area contributed by atoms with E-state index in [2.05, 4.69) is 6.07 Å². The van der Waals surface area contributed by atoms with Gasteiger partial charge in [0.05, 0.1) is 5.69 Å². The Morgan fingerprint density at radius 1 is 1.17 bits per heavy atom. The van der Waals surface area contributed by atoms with Crippen LogP contribution in [0.1, 0.15) is 29.0 Å². The lowest BCUT2D eigenvalue weighted by Crippen LogP contribution is -2.07. The minimum absolute atomic E-state index is 0.260. The van der Waals surface area contributed by atoms with Crippen LogP contribution in [-0.2, 0) is 12.8 Å². The summed E-state index contributed by atoms with van der Waals surface area (Å²) in [6.45, 7) is 0. The van der Waals surface area contributed by atoms with Gasteiger partial charge in [0.15, 0.2) is 0 Å². The lowest BCUT2D eigenvalue weighted by atomic mass is 9.87. The fourth-order valence-electron chi connectivity index (χ4n) is 3.33. The molecule has 2 aromatic heterocycles. The molecule has 2 N–H and O–H groups in total. The monoisotopic (exact) mass is 323 g/mol. The van der Waals surface area contributed by atoms with Gasteiger partial charge in [0.25, 0.3) is 0 Å². The third-order valence-corrected chi connectivity index (χ3v) is 5.39. The smallest absolute Gasteiger partial charge is 0.130 e. The molecule has 0 atom stereocenters. The molecule has 2 heterocycles. The molecule has 0 spiro atoms. The number of halogens is 1. The molecule has 5 heteroatoms. The predicted molar refractivity (Wildman–Crippen MR) is 90.8 cm³/mol. The molecule has 0 unspecified atom stereocenters. The zero-order valence-electron chi connectivity index (χ0n) is 12.4. The summed E-state index contributed by atoms with van der Waals surface area (Å²) in [5.74, 6) is -0.260. The van der Waals surface area contributed by atoms with Gasteiger partial charge < -0.3 is 5.73 Å². The van der Waals surface area contributed by atoms with E-state index in [9.17, 15) is 9.65 Å². The van der Waals surface area contributed by atoms with Gasteiger partial charge in [0.2, 0.25) is 0 Å². The molecule has 1 aromatic carbocycles. The molecule has 0 radical (unpaired) electrons. The number of anilines is 1. The summed E-state index contributed by atoms with van der Waals surface area (Å²) < 4.78 is 13.3. The molecule has 1 aliphatic carbocycles. The lowest BCUT2D eigenvalue weighted by molar-refractivity contribution is 0.628. The van der Waals surface area contributed by atoms with Crippen molar-refractivity contribution >= 4 is 27.2 Å². The van der Waals surface area contributed by atoms with Crippen molar-refractivity contribution < 1.29 is 4.39 Å². The Morgan fingerprint density at radius 3 is 2.65 bits per heavy atom. The maximum absolute atomic E-state index is 13.3. The molecular formula is C18H14FN3S. The number of benzene rings is 1. The minimum atomic E-state index is -0.260. The largest absolute Gasteiger partial charge is 0.396 e. The molecule has 0 amide bonds. The van der Waals surface area contributed by atoms with Crippen molar-refractivity contribution in [2.75, 3.05) is 5.73 Å². The van der Waals surface area contributed by atoms with Gasteiger partial charge in [-0.15, -0.1) is 11.3 Å². The number of nitrogens with two attached hydrogens (primary N) is 1. The van der Waals surface area contributed by atoms with Gasteiger partial charge in [-0.05, 0) is 54.5 Å². The first-order chi connectivity index (χ1) is 11.2. The highest BCUT2D eigenvalue weighted by Crippen LogP contribution is 2.43. The first kappa shape index (κ1) is 14.2. The number of aromatic nitrogens is 1. The topological polar surface area (TPSA) is 62.7 Å². The molecule has 4 rings (SSSR count). The van der Waals surface area contributed by atoms with Crippen LogP contribution in [0.4, 0.5) is 10.1 Å². The molecule has 1 aliphatic rings. The second kappa shape index (κ2) is 5.32. The van der Waals surface area contributed by atoms with Gasteiger partial charge in [-0.3, -0.25) is 0 Å². The molecule has 0 saturated carbocycles. The highest BCUT2D eigenvalue weighted by Gasteiger charge is 2.23. The second-order valence-electron chi connectivity index (χ2n) is 5.76. The van der Waals surface area contributed by atoms with Gasteiger partial charge in [0, 0.05) is 11.1 Å². The summed E-state index contributed by atoms with van der Waals surface area (Å²) in [6.07, 6.45) is 4.13. The van der Waals surface area contributed by atoms with Crippen molar-refractivity contribution in [3.63, 3.8) is 0 Å². The number of nitriles is 1. The molecule has 0 saturated heterocycles. The fraction of sp³-hybridized carbons (Fsp3) is 0.222. The van der Waals surface area contributed by atoms with Crippen LogP contribution in [0.5, 0.6) is 0 Å². The van der Waals surface area contributed by atoms with Crippen LogP contribution in [0.25, 0.3) is 21.3 Å². The summed E-state index contributed by atoms with van der Waals surface area (Å²) in [5, 5.41) is 10.1. The fourth-order valence-corrected chi connectivity index (χ4v) is 4.25. The predicted octanol–water partition coefficient (Wildman–Crippen LogP) is 4.44. The number of rotatable bonds is 1. The Labute approximate surface area is 137 Å². The van der Waals surface area contributed by atoms with Gasteiger partial charge in [-0.1, -0.05) is 12.1 Å². The van der Waals surface area contributed by atoms with Gasteiger partial charge >= 0.3 is 0 Å². The van der Waals surface area contributed by atoms with E-state index in [4.69, 9.17) is 10.7 Å². The van der Waals surface area contributed by atoms with Crippen molar-refractivity contribution in [1.29, 1.82) is 5.26 Å². The summed E-state index contributed by atoms with van der Waals surface area (Å²) >= 11 is 1.34. The zero-order valence-corrected chi connectivity index (χ0v) is 13.2. The number of nitrogens with zero attached hydrogens (tertiary/aromatic N) is 2. The molecule has 3 nitrogen and oxygen atoms in total. The van der Waals surface area contributed by atoms with E-state index in [1.54, 1.807) is 12.1 Å². The Balaban J connectivity index is 2.12. The van der Waals surface area contributed by atoms with Gasteiger partial charge in [-0.25, -0.2) is 9.37 Å².